The van der Waals surface area contributed by atoms with Crippen LogP contribution in [0.15, 0.2) is 48.9 Å². The number of rotatable bonds is 4. The average Bonchev–Trinajstić information content (AvgIpc) is 2.84. The van der Waals surface area contributed by atoms with E-state index in [1.165, 1.54) is 0 Å². The lowest BCUT2D eigenvalue weighted by Gasteiger charge is -2.02. The van der Waals surface area contributed by atoms with E-state index in [1.54, 1.807) is 6.20 Å². The van der Waals surface area contributed by atoms with Gasteiger partial charge in [0.2, 0.25) is 0 Å². The van der Waals surface area contributed by atoms with Crippen molar-refractivity contribution in [3.63, 3.8) is 0 Å². The van der Waals surface area contributed by atoms with Gasteiger partial charge in [0.05, 0.1) is 12.2 Å². The molecule has 0 fully saturated rings. The van der Waals surface area contributed by atoms with Crippen LogP contribution in [0.25, 0.3) is 0 Å². The predicted octanol–water partition coefficient (Wildman–Crippen LogP) is 1.35. The monoisotopic (exact) mass is 289 g/mol. The normalized spacial score (nSPS) is 9.95. The van der Waals surface area contributed by atoms with Gasteiger partial charge in [-0.25, -0.2) is 14.6 Å². The molecule has 7 nitrogen and oxygen atoms in total. The molecule has 0 spiro atoms. The summed E-state index contributed by atoms with van der Waals surface area (Å²) in [4.78, 5) is 27.5. The maximum atomic E-state index is 9.55. The number of carboxylic acid groups (broad SMARTS) is 2. The number of pyridine rings is 1. The minimum atomic E-state index is -1.26. The van der Waals surface area contributed by atoms with Crippen LogP contribution in [0, 0.1) is 6.92 Å². The highest BCUT2D eigenvalue weighted by atomic mass is 16.4. The lowest BCUT2D eigenvalue weighted by Crippen LogP contribution is -2.01. The molecule has 2 aromatic heterocycles. The van der Waals surface area contributed by atoms with Crippen LogP contribution in [-0.4, -0.2) is 36.7 Å². The fraction of sp³-hybridized carbons (Fsp3) is 0.143. The molecule has 110 valence electrons. The lowest BCUT2D eigenvalue weighted by atomic mass is 10.3. The van der Waals surface area contributed by atoms with E-state index >= 15 is 0 Å². The van der Waals surface area contributed by atoms with Crippen molar-refractivity contribution >= 4 is 11.9 Å². The number of carboxylic acids is 2. The second kappa shape index (κ2) is 8.26. The quantitative estimate of drug-likeness (QED) is 0.823. The highest BCUT2D eigenvalue weighted by Gasteiger charge is 1.97. The standard InChI is InChI=1S/C10H11N3.C4H4O4/c1-9-11-6-7-13(9)8-10-4-2-3-5-12-10;5-3(6)1-2-4(7)8/h2-7H,8H2,1H3;1-2H,(H,5,6)(H,7,8)/b;2-1+. The Morgan fingerprint density at radius 1 is 1.14 bits per heavy atom. The fourth-order valence-corrected chi connectivity index (χ4v) is 1.38. The van der Waals surface area contributed by atoms with Crippen molar-refractivity contribution in [2.75, 3.05) is 0 Å². The number of nitrogens with zero attached hydrogens (tertiary/aromatic N) is 3. The van der Waals surface area contributed by atoms with Crippen LogP contribution in [-0.2, 0) is 16.1 Å². The van der Waals surface area contributed by atoms with E-state index in [0.717, 1.165) is 18.1 Å². The van der Waals surface area contributed by atoms with Crippen LogP contribution in [0.1, 0.15) is 11.5 Å². The largest absolute Gasteiger partial charge is 0.478 e. The van der Waals surface area contributed by atoms with Gasteiger partial charge in [0.25, 0.3) is 0 Å². The van der Waals surface area contributed by atoms with Gasteiger partial charge < -0.3 is 14.8 Å². The van der Waals surface area contributed by atoms with E-state index < -0.39 is 11.9 Å². The molecule has 0 aromatic carbocycles. The van der Waals surface area contributed by atoms with Crippen molar-refractivity contribution in [3.05, 3.63) is 60.5 Å². The molecule has 0 saturated heterocycles. The van der Waals surface area contributed by atoms with E-state index in [0.29, 0.717) is 12.2 Å². The van der Waals surface area contributed by atoms with Gasteiger partial charge in [-0.05, 0) is 19.1 Å². The minimum absolute atomic E-state index is 0.558. The Morgan fingerprint density at radius 3 is 2.24 bits per heavy atom. The van der Waals surface area contributed by atoms with E-state index in [9.17, 15) is 9.59 Å². The number of hydrogen-bond donors (Lipinski definition) is 2. The van der Waals surface area contributed by atoms with Crippen LogP contribution >= 0.6 is 0 Å². The van der Waals surface area contributed by atoms with Crippen molar-refractivity contribution in [1.29, 1.82) is 0 Å². The number of aromatic nitrogens is 3. The first-order chi connectivity index (χ1) is 9.99. The number of aryl methyl sites for hydroxylation is 1. The Bertz CT molecular complexity index is 604. The summed E-state index contributed by atoms with van der Waals surface area (Å²) in [6.45, 7) is 2.79. The molecule has 2 heterocycles. The second-order valence-corrected chi connectivity index (χ2v) is 3.93. The Kier molecular flexibility index (Phi) is 6.33. The van der Waals surface area contributed by atoms with Crippen molar-refractivity contribution < 1.29 is 19.8 Å². The molecule has 0 atom stereocenters. The highest BCUT2D eigenvalue weighted by Crippen LogP contribution is 2.01. The van der Waals surface area contributed by atoms with Gasteiger partial charge in [-0.15, -0.1) is 0 Å². The van der Waals surface area contributed by atoms with Crippen LogP contribution in [0.4, 0.5) is 0 Å². The molecule has 7 heteroatoms. The summed E-state index contributed by atoms with van der Waals surface area (Å²) in [5, 5.41) is 15.6. The number of imidazole rings is 1. The van der Waals surface area contributed by atoms with Crippen LogP contribution in [0.5, 0.6) is 0 Å². The van der Waals surface area contributed by atoms with Gasteiger partial charge in [0, 0.05) is 30.7 Å². The van der Waals surface area contributed by atoms with Gasteiger partial charge in [-0.3, -0.25) is 4.98 Å². The first-order valence-corrected chi connectivity index (χ1v) is 6.00. The third-order valence-electron chi connectivity index (χ3n) is 2.35. The summed E-state index contributed by atoms with van der Waals surface area (Å²) >= 11 is 0. The average molecular weight is 289 g/mol. The smallest absolute Gasteiger partial charge is 0.328 e. The number of carbonyl (C=O) groups is 2. The number of aliphatic carboxylic acids is 2. The molecule has 0 aliphatic rings. The van der Waals surface area contributed by atoms with Crippen molar-refractivity contribution in [2.24, 2.45) is 0 Å². The number of hydrogen-bond acceptors (Lipinski definition) is 4. The molecule has 0 aliphatic carbocycles. The third-order valence-corrected chi connectivity index (χ3v) is 2.35. The second-order valence-electron chi connectivity index (χ2n) is 3.93. The van der Waals surface area contributed by atoms with Gasteiger partial charge >= 0.3 is 11.9 Å². The van der Waals surface area contributed by atoms with E-state index in [4.69, 9.17) is 10.2 Å². The minimum Gasteiger partial charge on any atom is -0.478 e. The molecule has 0 aliphatic heterocycles. The third kappa shape index (κ3) is 6.67. The van der Waals surface area contributed by atoms with Crippen LogP contribution in [0.3, 0.4) is 0 Å². The Morgan fingerprint density at radius 2 is 1.81 bits per heavy atom. The maximum Gasteiger partial charge on any atom is 0.328 e. The van der Waals surface area contributed by atoms with Crippen molar-refractivity contribution in [1.82, 2.24) is 14.5 Å². The van der Waals surface area contributed by atoms with Crippen LogP contribution in [0.2, 0.25) is 0 Å². The van der Waals surface area contributed by atoms with Crippen molar-refractivity contribution in [3.8, 4) is 0 Å². The topological polar surface area (TPSA) is 105 Å². The summed E-state index contributed by atoms with van der Waals surface area (Å²) in [5.74, 6) is -1.49. The lowest BCUT2D eigenvalue weighted by molar-refractivity contribution is -0.134. The zero-order valence-corrected chi connectivity index (χ0v) is 11.4. The molecular formula is C14H15N3O4. The molecule has 0 saturated carbocycles. The Labute approximate surface area is 121 Å². The zero-order chi connectivity index (χ0) is 15.7. The highest BCUT2D eigenvalue weighted by molar-refractivity contribution is 5.89. The van der Waals surface area contributed by atoms with Crippen molar-refractivity contribution in [2.45, 2.75) is 13.5 Å². The Balaban J connectivity index is 0.000000240. The van der Waals surface area contributed by atoms with E-state index in [1.807, 2.05) is 37.5 Å². The molecule has 2 rings (SSSR count). The van der Waals surface area contributed by atoms with E-state index in [-0.39, 0.29) is 0 Å². The zero-order valence-electron chi connectivity index (χ0n) is 11.4. The first kappa shape index (κ1) is 16.1. The summed E-state index contributed by atoms with van der Waals surface area (Å²) in [6, 6.07) is 5.93. The SMILES string of the molecule is Cc1nccn1Cc1ccccn1.O=C(O)/C=C/C(=O)O. The fourth-order valence-electron chi connectivity index (χ4n) is 1.38. The summed E-state index contributed by atoms with van der Waals surface area (Å²) < 4.78 is 2.07. The summed E-state index contributed by atoms with van der Waals surface area (Å²) in [7, 11) is 0. The van der Waals surface area contributed by atoms with Gasteiger partial charge in [-0.2, -0.15) is 0 Å². The molecular weight excluding hydrogens is 274 g/mol. The van der Waals surface area contributed by atoms with E-state index in [2.05, 4.69) is 14.5 Å². The summed E-state index contributed by atoms with van der Waals surface area (Å²) in [5.41, 5.74) is 1.06. The van der Waals surface area contributed by atoms with Gasteiger partial charge in [0.15, 0.2) is 0 Å². The molecule has 0 unspecified atom stereocenters. The molecule has 2 N–H and O–H groups in total. The summed E-state index contributed by atoms with van der Waals surface area (Å²) in [6.07, 6.45) is 6.69. The van der Waals surface area contributed by atoms with Crippen LogP contribution < -0.4 is 0 Å². The molecule has 0 amide bonds. The first-order valence-electron chi connectivity index (χ1n) is 6.00. The molecule has 0 radical (unpaired) electrons. The Hall–Kier alpha value is -2.96. The maximum absolute atomic E-state index is 9.55. The molecule has 0 bridgehead atoms. The molecule has 2 aromatic rings. The van der Waals surface area contributed by atoms with Gasteiger partial charge in [-0.1, -0.05) is 6.07 Å². The predicted molar refractivity (Wildman–Crippen MR) is 74.7 cm³/mol. The van der Waals surface area contributed by atoms with Gasteiger partial charge in [0.1, 0.15) is 5.82 Å². The molecule has 21 heavy (non-hydrogen) atoms.